The van der Waals surface area contributed by atoms with Gasteiger partial charge in [0, 0.05) is 12.5 Å². The molecule has 12 heteroatoms. The molecule has 4 aromatic rings. The van der Waals surface area contributed by atoms with Crippen LogP contribution in [0.3, 0.4) is 0 Å². The molecule has 2 aromatic heterocycles. The maximum absolute atomic E-state index is 13.9. The van der Waals surface area contributed by atoms with Gasteiger partial charge < -0.3 is 10.1 Å². The van der Waals surface area contributed by atoms with E-state index in [1.807, 2.05) is 0 Å². The van der Waals surface area contributed by atoms with Crippen molar-refractivity contribution in [3.8, 4) is 11.4 Å². The Morgan fingerprint density at radius 3 is 2.94 bits per heavy atom. The molecule has 0 saturated heterocycles. The molecular weight excluding hydrogens is 426 g/mol. The summed E-state index contributed by atoms with van der Waals surface area (Å²) in [6.07, 6.45) is -0.0168. The number of fused-ring (bicyclic) bond motifs is 3. The Hall–Kier alpha value is -4.35. The number of nitrogens with zero attached hydrogens (tertiary/aromatic N) is 4. The molecule has 32 heavy (non-hydrogen) atoms. The van der Waals surface area contributed by atoms with E-state index in [0.717, 1.165) is 12.1 Å². The average Bonchev–Trinajstić information content (AvgIpc) is 3.36. The van der Waals surface area contributed by atoms with Crippen LogP contribution in [0.2, 0.25) is 0 Å². The van der Waals surface area contributed by atoms with Gasteiger partial charge in [-0.15, -0.1) is 5.10 Å². The van der Waals surface area contributed by atoms with Crippen molar-refractivity contribution in [2.75, 3.05) is 6.61 Å². The summed E-state index contributed by atoms with van der Waals surface area (Å²) in [6, 6.07) is 9.16. The first-order valence-corrected chi connectivity index (χ1v) is 9.46. The summed E-state index contributed by atoms with van der Waals surface area (Å²) < 4.78 is 38.7. The molecule has 3 heterocycles. The van der Waals surface area contributed by atoms with Crippen LogP contribution in [0, 0.1) is 11.6 Å². The molecular formula is C20H14F2N6O4. The van der Waals surface area contributed by atoms with E-state index >= 15 is 0 Å². The number of nitrogens with one attached hydrogen (secondary N) is 2. The number of aromatic nitrogens is 5. The van der Waals surface area contributed by atoms with Crippen LogP contribution in [0.25, 0.3) is 5.69 Å². The number of hydrogen-bond acceptors (Lipinski definition) is 7. The van der Waals surface area contributed by atoms with Crippen molar-refractivity contribution in [2.45, 2.75) is 12.5 Å². The highest BCUT2D eigenvalue weighted by Crippen LogP contribution is 2.28. The Kier molecular flexibility index (Phi) is 4.73. The Balaban J connectivity index is 1.36. The molecule has 162 valence electrons. The van der Waals surface area contributed by atoms with Gasteiger partial charge in [-0.1, -0.05) is 23.4 Å². The number of carbonyl (C=O) groups excluding carboxylic acids is 1. The van der Waals surface area contributed by atoms with Crippen molar-refractivity contribution >= 4 is 5.91 Å². The summed E-state index contributed by atoms with van der Waals surface area (Å²) in [7, 11) is 0. The first-order valence-electron chi connectivity index (χ1n) is 9.46. The largest absolute Gasteiger partial charge is 0.489 e. The molecule has 10 nitrogen and oxygen atoms in total. The Labute approximate surface area is 177 Å². The van der Waals surface area contributed by atoms with E-state index in [4.69, 9.17) is 9.26 Å². The van der Waals surface area contributed by atoms with Crippen molar-refractivity contribution in [3.63, 3.8) is 0 Å². The third kappa shape index (κ3) is 3.51. The van der Waals surface area contributed by atoms with Crippen LogP contribution >= 0.6 is 0 Å². The van der Waals surface area contributed by atoms with Crippen molar-refractivity contribution < 1.29 is 22.8 Å². The van der Waals surface area contributed by atoms with Gasteiger partial charge in [-0.25, -0.2) is 23.1 Å². The summed E-state index contributed by atoms with van der Waals surface area (Å²) in [5.74, 6) is -2.23. The molecule has 0 aliphatic carbocycles. The number of hydrogen-bond donors (Lipinski definition) is 2. The minimum atomic E-state index is -0.835. The Morgan fingerprint density at radius 2 is 2.09 bits per heavy atom. The molecule has 1 amide bonds. The smallest absolute Gasteiger partial charge is 0.446 e. The molecule has 1 aliphatic rings. The van der Waals surface area contributed by atoms with E-state index in [0.29, 0.717) is 11.4 Å². The number of ether oxygens (including phenoxy) is 1. The van der Waals surface area contributed by atoms with E-state index in [-0.39, 0.29) is 36.1 Å². The highest BCUT2D eigenvalue weighted by Gasteiger charge is 2.30. The first-order chi connectivity index (χ1) is 15.5. The van der Waals surface area contributed by atoms with Gasteiger partial charge >= 0.3 is 5.76 Å². The van der Waals surface area contributed by atoms with Crippen LogP contribution in [0.4, 0.5) is 8.78 Å². The minimum absolute atomic E-state index is 0.0168. The van der Waals surface area contributed by atoms with Crippen LogP contribution in [0.1, 0.15) is 33.9 Å². The molecule has 0 fully saturated rings. The molecule has 1 atom stereocenters. The second-order valence-electron chi connectivity index (χ2n) is 6.97. The molecule has 2 aromatic carbocycles. The third-order valence-electron chi connectivity index (χ3n) is 4.87. The summed E-state index contributed by atoms with van der Waals surface area (Å²) in [5, 5.41) is 12.9. The Morgan fingerprint density at radius 1 is 1.25 bits per heavy atom. The fourth-order valence-electron chi connectivity index (χ4n) is 3.36. The maximum Gasteiger partial charge on any atom is 0.446 e. The maximum atomic E-state index is 13.9. The monoisotopic (exact) mass is 440 g/mol. The lowest BCUT2D eigenvalue weighted by molar-refractivity contribution is 0.0908. The van der Waals surface area contributed by atoms with Gasteiger partial charge in [-0.3, -0.25) is 14.4 Å². The van der Waals surface area contributed by atoms with E-state index in [9.17, 15) is 18.4 Å². The normalized spacial score (nSPS) is 14.8. The fraction of sp³-hybridized carbons (Fsp3) is 0.150. The number of para-hydroxylation sites is 2. The second-order valence-corrected chi connectivity index (χ2v) is 6.97. The number of benzene rings is 2. The van der Waals surface area contributed by atoms with E-state index < -0.39 is 29.3 Å². The Bertz CT molecular complexity index is 1380. The van der Waals surface area contributed by atoms with E-state index in [1.165, 1.54) is 10.6 Å². The van der Waals surface area contributed by atoms with Gasteiger partial charge in [0.25, 0.3) is 5.91 Å². The third-order valence-corrected chi connectivity index (χ3v) is 4.87. The van der Waals surface area contributed by atoms with Crippen LogP contribution < -0.4 is 15.8 Å². The van der Waals surface area contributed by atoms with Gasteiger partial charge in [0.1, 0.15) is 35.9 Å². The van der Waals surface area contributed by atoms with Crippen LogP contribution in [-0.2, 0) is 6.42 Å². The van der Waals surface area contributed by atoms with Crippen molar-refractivity contribution in [1.29, 1.82) is 0 Å². The van der Waals surface area contributed by atoms with Gasteiger partial charge in [-0.2, -0.15) is 0 Å². The van der Waals surface area contributed by atoms with E-state index in [2.05, 4.69) is 25.7 Å². The number of rotatable bonds is 4. The van der Waals surface area contributed by atoms with Crippen LogP contribution in [-0.4, -0.2) is 37.4 Å². The number of amides is 1. The molecule has 5 rings (SSSR count). The quantitative estimate of drug-likeness (QED) is 0.494. The second kappa shape index (κ2) is 7.72. The van der Waals surface area contributed by atoms with Gasteiger partial charge in [0.2, 0.25) is 5.82 Å². The molecule has 0 spiro atoms. The summed E-state index contributed by atoms with van der Waals surface area (Å²) >= 11 is 0. The molecule has 0 bridgehead atoms. The highest BCUT2D eigenvalue weighted by atomic mass is 19.1. The van der Waals surface area contributed by atoms with Crippen molar-refractivity contribution in [2.24, 2.45) is 0 Å². The van der Waals surface area contributed by atoms with Crippen molar-refractivity contribution in [3.05, 3.63) is 87.7 Å². The standard InChI is InChI=1S/C20H14F2N6O4/c21-11-6-5-10(12(22)8-11)7-16-24-17(26-25-16)19(29)23-13-9-31-15-4-2-1-3-14(15)28-18(13)27-32-20(28)30/h1-6,8,13H,7,9H2,(H,23,29)(H,24,25,26)/t13-/m0/s1. The lowest BCUT2D eigenvalue weighted by Crippen LogP contribution is -2.34. The molecule has 0 unspecified atom stereocenters. The zero-order valence-electron chi connectivity index (χ0n) is 16.2. The molecule has 0 radical (unpaired) electrons. The van der Waals surface area contributed by atoms with E-state index in [1.54, 1.807) is 24.3 Å². The lowest BCUT2D eigenvalue weighted by atomic mass is 10.1. The molecule has 1 aliphatic heterocycles. The zero-order valence-corrected chi connectivity index (χ0v) is 16.2. The summed E-state index contributed by atoms with van der Waals surface area (Å²) in [4.78, 5) is 29.0. The first kappa shape index (κ1) is 19.6. The minimum Gasteiger partial charge on any atom is -0.489 e. The number of carbonyl (C=O) groups is 1. The molecule has 2 N–H and O–H groups in total. The van der Waals surface area contributed by atoms with Gasteiger partial charge in [0.05, 0.1) is 5.69 Å². The zero-order chi connectivity index (χ0) is 22.2. The summed E-state index contributed by atoms with van der Waals surface area (Å²) in [5.41, 5.74) is 0.628. The average molecular weight is 440 g/mol. The number of H-pyrrole nitrogens is 1. The number of aromatic amines is 1. The lowest BCUT2D eigenvalue weighted by Gasteiger charge is -2.13. The summed E-state index contributed by atoms with van der Waals surface area (Å²) in [6.45, 7) is -0.0210. The van der Waals surface area contributed by atoms with Crippen LogP contribution in [0.5, 0.6) is 5.75 Å². The predicted octanol–water partition coefficient (Wildman–Crippen LogP) is 1.68. The van der Waals surface area contributed by atoms with Crippen LogP contribution in [0.15, 0.2) is 51.8 Å². The van der Waals surface area contributed by atoms with Crippen molar-refractivity contribution in [1.82, 2.24) is 30.2 Å². The molecule has 0 saturated carbocycles. The van der Waals surface area contributed by atoms with Gasteiger partial charge in [-0.05, 0) is 23.8 Å². The SMILES string of the molecule is O=C(N[C@H]1COc2ccccc2-n2c1noc2=O)c1n[nH]c(Cc2ccc(F)cc2F)n1. The topological polar surface area (TPSA) is 128 Å². The fourth-order valence-corrected chi connectivity index (χ4v) is 3.36. The highest BCUT2D eigenvalue weighted by molar-refractivity contribution is 5.90. The van der Waals surface area contributed by atoms with Gasteiger partial charge in [0.15, 0.2) is 5.82 Å². The number of halogens is 2. The predicted molar refractivity (Wildman–Crippen MR) is 103 cm³/mol.